The van der Waals surface area contributed by atoms with Crippen LogP contribution in [0.1, 0.15) is 46.0 Å². The van der Waals surface area contributed by atoms with Crippen LogP contribution >= 0.6 is 0 Å². The Balaban J connectivity index is 2.58. The molecule has 0 radical (unpaired) electrons. The Morgan fingerprint density at radius 3 is 2.31 bits per heavy atom. The van der Waals surface area contributed by atoms with E-state index in [1.54, 1.807) is 0 Å². The monoisotopic (exact) mass is 180 g/mol. The van der Waals surface area contributed by atoms with Gasteiger partial charge in [0, 0.05) is 0 Å². The zero-order valence-corrected chi connectivity index (χ0v) is 8.75. The summed E-state index contributed by atoms with van der Waals surface area (Å²) >= 11 is 0. The average Bonchev–Trinajstić information content (AvgIpc) is 2.15. The molecule has 0 aliphatic heterocycles. The molecule has 0 N–H and O–H groups in total. The second-order valence-electron chi connectivity index (χ2n) is 4.36. The highest BCUT2D eigenvalue weighted by Gasteiger charge is 2.17. The van der Waals surface area contributed by atoms with Gasteiger partial charge in [0.15, 0.2) is 0 Å². The molecule has 1 rings (SSSR count). The van der Waals surface area contributed by atoms with Crippen LogP contribution in [0.5, 0.6) is 0 Å². The van der Waals surface area contributed by atoms with Crippen molar-refractivity contribution in [3.63, 3.8) is 0 Å². The summed E-state index contributed by atoms with van der Waals surface area (Å²) in [7, 11) is 0. The molecule has 0 atom stereocenters. The van der Waals surface area contributed by atoms with E-state index in [4.69, 9.17) is 0 Å². The van der Waals surface area contributed by atoms with Gasteiger partial charge in [0.05, 0.1) is 0 Å². The normalized spacial score (nSPS) is 20.7. The number of hydrogen-bond donors (Lipinski definition) is 0. The highest BCUT2D eigenvalue weighted by molar-refractivity contribution is 5.74. The molecule has 0 amide bonds. The molecular formula is C12H20O. The van der Waals surface area contributed by atoms with Crippen LogP contribution in [0.15, 0.2) is 11.6 Å². The number of carbonyl (C=O) groups is 1. The Hall–Kier alpha value is -0.590. The van der Waals surface area contributed by atoms with E-state index in [0.717, 1.165) is 11.9 Å². The molecule has 13 heavy (non-hydrogen) atoms. The zero-order chi connectivity index (χ0) is 9.68. The van der Waals surface area contributed by atoms with E-state index in [1.165, 1.54) is 32.1 Å². The minimum absolute atomic E-state index is 0.502. The number of hydrogen-bond acceptors (Lipinski definition) is 1. The summed E-state index contributed by atoms with van der Waals surface area (Å²) in [5.41, 5.74) is 1.05. The molecule has 0 saturated heterocycles. The van der Waals surface area contributed by atoms with Gasteiger partial charge in [0.1, 0.15) is 6.29 Å². The fourth-order valence-electron chi connectivity index (χ4n) is 2.09. The summed E-state index contributed by atoms with van der Waals surface area (Å²) in [5.74, 6) is 1.07. The van der Waals surface area contributed by atoms with E-state index in [-0.39, 0.29) is 0 Å². The van der Waals surface area contributed by atoms with Crippen molar-refractivity contribution >= 4 is 6.29 Å². The van der Waals surface area contributed by atoms with Crippen molar-refractivity contribution in [2.75, 3.05) is 0 Å². The zero-order valence-electron chi connectivity index (χ0n) is 8.75. The van der Waals surface area contributed by atoms with Gasteiger partial charge in [-0.3, -0.25) is 4.79 Å². The second kappa shape index (κ2) is 5.21. The Bertz CT molecular complexity index is 185. The molecule has 0 unspecified atom stereocenters. The van der Waals surface area contributed by atoms with E-state index < -0.39 is 0 Å². The van der Waals surface area contributed by atoms with Gasteiger partial charge in [0.25, 0.3) is 0 Å². The Morgan fingerprint density at radius 2 is 1.85 bits per heavy atom. The average molecular weight is 180 g/mol. The van der Waals surface area contributed by atoms with Crippen LogP contribution in [-0.2, 0) is 4.79 Å². The molecule has 0 aromatic carbocycles. The van der Waals surface area contributed by atoms with E-state index in [0.29, 0.717) is 11.8 Å². The third-order valence-corrected chi connectivity index (χ3v) is 2.74. The molecular weight excluding hydrogens is 160 g/mol. The topological polar surface area (TPSA) is 17.1 Å². The molecule has 0 spiro atoms. The summed E-state index contributed by atoms with van der Waals surface area (Å²) in [6.07, 6.45) is 9.58. The van der Waals surface area contributed by atoms with Crippen LogP contribution in [-0.4, -0.2) is 6.29 Å². The second-order valence-corrected chi connectivity index (χ2v) is 4.36. The first kappa shape index (κ1) is 10.5. The Kier molecular flexibility index (Phi) is 4.20. The Morgan fingerprint density at radius 1 is 1.23 bits per heavy atom. The lowest BCUT2D eigenvalue weighted by molar-refractivity contribution is -0.105. The van der Waals surface area contributed by atoms with E-state index in [1.807, 2.05) is 0 Å². The van der Waals surface area contributed by atoms with Crippen LogP contribution < -0.4 is 0 Å². The molecule has 1 aliphatic rings. The molecule has 1 aliphatic carbocycles. The Labute approximate surface area is 81.2 Å². The summed E-state index contributed by atoms with van der Waals surface area (Å²) < 4.78 is 0. The van der Waals surface area contributed by atoms with Crippen molar-refractivity contribution in [2.45, 2.75) is 46.0 Å². The largest absolute Gasteiger partial charge is 0.298 e. The standard InChI is InChI=1S/C12H20O/c1-10(2)8-12(9-13)11-6-4-3-5-7-11/h8-11H,3-7H2,1-2H3. The summed E-state index contributed by atoms with van der Waals surface area (Å²) in [6, 6.07) is 0. The van der Waals surface area contributed by atoms with Crippen molar-refractivity contribution in [1.29, 1.82) is 0 Å². The van der Waals surface area contributed by atoms with Gasteiger partial charge in [-0.15, -0.1) is 0 Å². The molecule has 74 valence electrons. The molecule has 1 heteroatoms. The van der Waals surface area contributed by atoms with E-state index in [2.05, 4.69) is 19.9 Å². The number of carbonyl (C=O) groups excluding carboxylic acids is 1. The van der Waals surface area contributed by atoms with Crippen LogP contribution in [0.4, 0.5) is 0 Å². The minimum Gasteiger partial charge on any atom is -0.298 e. The van der Waals surface area contributed by atoms with Crippen LogP contribution in [0.3, 0.4) is 0 Å². The van der Waals surface area contributed by atoms with E-state index >= 15 is 0 Å². The smallest absolute Gasteiger partial charge is 0.145 e. The van der Waals surface area contributed by atoms with Crippen molar-refractivity contribution < 1.29 is 4.79 Å². The molecule has 0 aromatic rings. The first-order valence-electron chi connectivity index (χ1n) is 5.41. The third-order valence-electron chi connectivity index (χ3n) is 2.74. The molecule has 0 bridgehead atoms. The lowest BCUT2D eigenvalue weighted by atomic mass is 9.83. The molecule has 1 fully saturated rings. The van der Waals surface area contributed by atoms with Crippen molar-refractivity contribution in [1.82, 2.24) is 0 Å². The fourth-order valence-corrected chi connectivity index (χ4v) is 2.09. The van der Waals surface area contributed by atoms with Gasteiger partial charge in [0.2, 0.25) is 0 Å². The lowest BCUT2D eigenvalue weighted by Gasteiger charge is -2.21. The van der Waals surface area contributed by atoms with Crippen molar-refractivity contribution in [3.05, 3.63) is 11.6 Å². The highest BCUT2D eigenvalue weighted by Crippen LogP contribution is 2.29. The molecule has 1 nitrogen and oxygen atoms in total. The predicted molar refractivity (Wildman–Crippen MR) is 55.6 cm³/mol. The highest BCUT2D eigenvalue weighted by atomic mass is 16.1. The lowest BCUT2D eigenvalue weighted by Crippen LogP contribution is -2.10. The maximum Gasteiger partial charge on any atom is 0.145 e. The van der Waals surface area contributed by atoms with Crippen molar-refractivity contribution in [3.8, 4) is 0 Å². The van der Waals surface area contributed by atoms with Crippen LogP contribution in [0.25, 0.3) is 0 Å². The van der Waals surface area contributed by atoms with Gasteiger partial charge in [-0.1, -0.05) is 39.2 Å². The number of allylic oxidation sites excluding steroid dienone is 2. The minimum atomic E-state index is 0.502. The summed E-state index contributed by atoms with van der Waals surface area (Å²) in [6.45, 7) is 4.26. The quantitative estimate of drug-likeness (QED) is 0.481. The first-order chi connectivity index (χ1) is 6.24. The van der Waals surface area contributed by atoms with Gasteiger partial charge >= 0.3 is 0 Å². The predicted octanol–water partition coefficient (Wildman–Crippen LogP) is 3.35. The van der Waals surface area contributed by atoms with Crippen molar-refractivity contribution in [2.24, 2.45) is 11.8 Å². The first-order valence-corrected chi connectivity index (χ1v) is 5.41. The maximum absolute atomic E-state index is 10.9. The van der Waals surface area contributed by atoms with Crippen LogP contribution in [0.2, 0.25) is 0 Å². The summed E-state index contributed by atoms with van der Waals surface area (Å²) in [4.78, 5) is 10.9. The van der Waals surface area contributed by atoms with Gasteiger partial charge in [-0.25, -0.2) is 0 Å². The van der Waals surface area contributed by atoms with E-state index in [9.17, 15) is 4.79 Å². The number of aldehydes is 1. The number of rotatable bonds is 3. The molecule has 0 heterocycles. The van der Waals surface area contributed by atoms with Gasteiger partial charge in [-0.2, -0.15) is 0 Å². The third kappa shape index (κ3) is 3.33. The molecule has 0 aromatic heterocycles. The fraction of sp³-hybridized carbons (Fsp3) is 0.750. The van der Waals surface area contributed by atoms with Gasteiger partial charge < -0.3 is 0 Å². The molecule has 1 saturated carbocycles. The maximum atomic E-state index is 10.9. The van der Waals surface area contributed by atoms with Gasteiger partial charge in [-0.05, 0) is 30.3 Å². The SMILES string of the molecule is CC(C)C=C(C=O)C1CCCCC1. The summed E-state index contributed by atoms with van der Waals surface area (Å²) in [5, 5.41) is 0. The van der Waals surface area contributed by atoms with Crippen LogP contribution in [0, 0.1) is 11.8 Å².